The first kappa shape index (κ1) is 22.5. The number of hydrogen-bond acceptors (Lipinski definition) is 4. The van der Waals surface area contributed by atoms with Gasteiger partial charge in [0.1, 0.15) is 6.61 Å². The summed E-state index contributed by atoms with van der Waals surface area (Å²) in [4.78, 5) is 2.44. The Morgan fingerprint density at radius 2 is 1.71 bits per heavy atom. The normalized spacial score (nSPS) is 11.0. The molecule has 154 valence electrons. The van der Waals surface area contributed by atoms with Gasteiger partial charge in [-0.05, 0) is 62.8 Å². The van der Waals surface area contributed by atoms with E-state index in [1.807, 2.05) is 49.4 Å². The molecule has 0 bridgehead atoms. The number of nitrogens with one attached hydrogen (secondary N) is 1. The minimum absolute atomic E-state index is 0.462. The Kier molecular flexibility index (Phi) is 10.2. The summed E-state index contributed by atoms with van der Waals surface area (Å²) in [6.45, 7) is 12.5. The average molecular weight is 405 g/mol. The topological polar surface area (TPSA) is 33.7 Å². The molecule has 0 aliphatic carbocycles. The molecule has 0 unspecified atom stereocenters. The van der Waals surface area contributed by atoms with E-state index in [-0.39, 0.29) is 0 Å². The van der Waals surface area contributed by atoms with Gasteiger partial charge in [0.2, 0.25) is 0 Å². The molecule has 2 aromatic rings. The number of rotatable bonds is 13. The van der Waals surface area contributed by atoms with Gasteiger partial charge < -0.3 is 19.7 Å². The molecule has 0 spiro atoms. The Morgan fingerprint density at radius 3 is 2.39 bits per heavy atom. The summed E-state index contributed by atoms with van der Waals surface area (Å²) in [6.07, 6.45) is 1.13. The van der Waals surface area contributed by atoms with Crippen LogP contribution in [0.3, 0.4) is 0 Å². The van der Waals surface area contributed by atoms with E-state index in [0.29, 0.717) is 29.7 Å². The second kappa shape index (κ2) is 12.7. The third kappa shape index (κ3) is 7.34. The van der Waals surface area contributed by atoms with E-state index in [4.69, 9.17) is 21.1 Å². The van der Waals surface area contributed by atoms with Crippen molar-refractivity contribution < 1.29 is 9.47 Å². The van der Waals surface area contributed by atoms with Gasteiger partial charge in [0.05, 0.1) is 11.6 Å². The average Bonchev–Trinajstić information content (AvgIpc) is 2.71. The lowest BCUT2D eigenvalue weighted by atomic mass is 10.2. The fraction of sp³-hybridized carbons (Fsp3) is 0.478. The van der Waals surface area contributed by atoms with Crippen LogP contribution in [0.4, 0.5) is 0 Å². The van der Waals surface area contributed by atoms with E-state index >= 15 is 0 Å². The van der Waals surface area contributed by atoms with Crippen LogP contribution < -0.4 is 14.8 Å². The smallest absolute Gasteiger partial charge is 0.180 e. The summed E-state index contributed by atoms with van der Waals surface area (Å²) in [7, 11) is 0. The highest BCUT2D eigenvalue weighted by atomic mass is 35.5. The monoisotopic (exact) mass is 404 g/mol. The standard InChI is InChI=1S/C23H33ClN2O2/c1-4-26(5-2)14-10-13-25-17-20-15-21(24)23(22(16-20)27-6-3)28-18-19-11-8-7-9-12-19/h7-9,11-12,15-16,25H,4-6,10,13-14,17-18H2,1-3H3. The Balaban J connectivity index is 1.93. The molecule has 2 rings (SSSR count). The van der Waals surface area contributed by atoms with E-state index in [0.717, 1.165) is 50.3 Å². The summed E-state index contributed by atoms with van der Waals surface area (Å²) in [5.41, 5.74) is 2.20. The first-order valence-electron chi connectivity index (χ1n) is 10.2. The Morgan fingerprint density at radius 1 is 0.964 bits per heavy atom. The molecule has 2 aromatic carbocycles. The molecule has 5 heteroatoms. The molecular formula is C23H33ClN2O2. The van der Waals surface area contributed by atoms with Crippen LogP contribution in [-0.2, 0) is 13.2 Å². The van der Waals surface area contributed by atoms with Gasteiger partial charge in [0, 0.05) is 6.54 Å². The molecular weight excluding hydrogens is 372 g/mol. The van der Waals surface area contributed by atoms with Crippen LogP contribution >= 0.6 is 11.6 Å². The largest absolute Gasteiger partial charge is 0.490 e. The maximum Gasteiger partial charge on any atom is 0.180 e. The second-order valence-corrected chi connectivity index (χ2v) is 7.08. The number of nitrogens with zero attached hydrogens (tertiary/aromatic N) is 1. The summed E-state index contributed by atoms with van der Waals surface area (Å²) < 4.78 is 11.8. The van der Waals surface area contributed by atoms with Gasteiger partial charge in [-0.2, -0.15) is 0 Å². The van der Waals surface area contributed by atoms with Gasteiger partial charge in [0.25, 0.3) is 0 Å². The van der Waals surface area contributed by atoms with Crippen molar-refractivity contribution in [2.75, 3.05) is 32.8 Å². The predicted molar refractivity (Wildman–Crippen MR) is 118 cm³/mol. The Bertz CT molecular complexity index is 691. The van der Waals surface area contributed by atoms with Gasteiger partial charge in [-0.15, -0.1) is 0 Å². The maximum absolute atomic E-state index is 6.52. The second-order valence-electron chi connectivity index (χ2n) is 6.67. The highest BCUT2D eigenvalue weighted by Crippen LogP contribution is 2.37. The molecule has 28 heavy (non-hydrogen) atoms. The van der Waals surface area contributed by atoms with Crippen molar-refractivity contribution in [2.45, 2.75) is 40.3 Å². The Hall–Kier alpha value is -1.75. The SMILES string of the molecule is CCOc1cc(CNCCCN(CC)CC)cc(Cl)c1OCc1ccccc1. The highest BCUT2D eigenvalue weighted by Gasteiger charge is 2.13. The lowest BCUT2D eigenvalue weighted by Gasteiger charge is -2.18. The zero-order chi connectivity index (χ0) is 20.2. The highest BCUT2D eigenvalue weighted by molar-refractivity contribution is 6.32. The molecule has 0 aliphatic heterocycles. The van der Waals surface area contributed by atoms with Crippen LogP contribution in [-0.4, -0.2) is 37.7 Å². The van der Waals surface area contributed by atoms with Crippen molar-refractivity contribution in [2.24, 2.45) is 0 Å². The molecule has 0 radical (unpaired) electrons. The molecule has 0 saturated heterocycles. The summed E-state index contributed by atoms with van der Waals surface area (Å²) >= 11 is 6.52. The fourth-order valence-corrected chi connectivity index (χ4v) is 3.34. The van der Waals surface area contributed by atoms with E-state index in [9.17, 15) is 0 Å². The number of halogens is 1. The zero-order valence-electron chi connectivity index (χ0n) is 17.3. The lowest BCUT2D eigenvalue weighted by Crippen LogP contribution is -2.27. The van der Waals surface area contributed by atoms with Gasteiger partial charge in [-0.25, -0.2) is 0 Å². The van der Waals surface area contributed by atoms with E-state index in [1.54, 1.807) is 0 Å². The molecule has 0 saturated carbocycles. The molecule has 0 atom stereocenters. The number of benzene rings is 2. The minimum atomic E-state index is 0.462. The van der Waals surface area contributed by atoms with E-state index in [1.165, 1.54) is 0 Å². The molecule has 4 nitrogen and oxygen atoms in total. The number of hydrogen-bond donors (Lipinski definition) is 1. The quantitative estimate of drug-likeness (QED) is 0.469. The third-order valence-electron chi connectivity index (χ3n) is 4.65. The Labute approximate surface area is 174 Å². The van der Waals surface area contributed by atoms with Crippen molar-refractivity contribution in [1.82, 2.24) is 10.2 Å². The van der Waals surface area contributed by atoms with Crippen LogP contribution in [0.15, 0.2) is 42.5 Å². The molecule has 0 heterocycles. The van der Waals surface area contributed by atoms with Crippen molar-refractivity contribution in [1.29, 1.82) is 0 Å². The van der Waals surface area contributed by atoms with E-state index < -0.39 is 0 Å². The first-order valence-corrected chi connectivity index (χ1v) is 10.6. The van der Waals surface area contributed by atoms with Crippen LogP contribution in [0.25, 0.3) is 0 Å². The zero-order valence-corrected chi connectivity index (χ0v) is 18.1. The molecule has 1 N–H and O–H groups in total. The van der Waals surface area contributed by atoms with Crippen molar-refractivity contribution in [3.05, 3.63) is 58.6 Å². The predicted octanol–water partition coefficient (Wildman–Crippen LogP) is 5.14. The maximum atomic E-state index is 6.52. The first-order chi connectivity index (χ1) is 13.7. The lowest BCUT2D eigenvalue weighted by molar-refractivity contribution is 0.269. The fourth-order valence-electron chi connectivity index (χ4n) is 3.06. The van der Waals surface area contributed by atoms with Crippen LogP contribution in [0.2, 0.25) is 5.02 Å². The molecule has 0 amide bonds. The van der Waals surface area contributed by atoms with Gasteiger partial charge in [0.15, 0.2) is 11.5 Å². The minimum Gasteiger partial charge on any atom is -0.490 e. The van der Waals surface area contributed by atoms with Gasteiger partial charge in [-0.3, -0.25) is 0 Å². The summed E-state index contributed by atoms with van der Waals surface area (Å²) in [5.74, 6) is 1.31. The van der Waals surface area contributed by atoms with Crippen molar-refractivity contribution in [3.63, 3.8) is 0 Å². The van der Waals surface area contributed by atoms with Gasteiger partial charge >= 0.3 is 0 Å². The molecule has 0 aromatic heterocycles. The van der Waals surface area contributed by atoms with Gasteiger partial charge in [-0.1, -0.05) is 55.8 Å². The molecule has 0 aliphatic rings. The third-order valence-corrected chi connectivity index (χ3v) is 4.93. The van der Waals surface area contributed by atoms with Crippen molar-refractivity contribution >= 4 is 11.6 Å². The van der Waals surface area contributed by atoms with Crippen molar-refractivity contribution in [3.8, 4) is 11.5 Å². The molecule has 0 fully saturated rings. The summed E-state index contributed by atoms with van der Waals surface area (Å²) in [6, 6.07) is 14.0. The van der Waals surface area contributed by atoms with Crippen LogP contribution in [0, 0.1) is 0 Å². The number of ether oxygens (including phenoxy) is 2. The summed E-state index contributed by atoms with van der Waals surface area (Å²) in [5, 5.41) is 4.08. The van der Waals surface area contributed by atoms with Crippen LogP contribution in [0.1, 0.15) is 38.3 Å². The van der Waals surface area contributed by atoms with Crippen LogP contribution in [0.5, 0.6) is 11.5 Å². The van der Waals surface area contributed by atoms with E-state index in [2.05, 4.69) is 24.1 Å².